The number of hydrogen-bond acceptors (Lipinski definition) is 1. The summed E-state index contributed by atoms with van der Waals surface area (Å²) in [6.07, 6.45) is 41.4. The van der Waals surface area contributed by atoms with Gasteiger partial charge in [-0.05, 0) is 6.92 Å². The fourth-order valence-electron chi connectivity index (χ4n) is 7.01. The molecule has 3 heteroatoms. The van der Waals surface area contributed by atoms with Gasteiger partial charge in [-0.2, -0.15) is 0 Å². The molecule has 0 aromatic rings. The van der Waals surface area contributed by atoms with Crippen molar-refractivity contribution in [2.45, 2.75) is 238 Å². The number of aliphatic carboxylic acids is 1. The Kier molecular flexibility index (Phi) is 32.4. The predicted molar refractivity (Wildman–Crippen MR) is 197 cm³/mol. The lowest BCUT2D eigenvalue weighted by Gasteiger charge is -2.30. The Balaban J connectivity index is 4.82. The van der Waals surface area contributed by atoms with Crippen LogP contribution in [0.2, 0.25) is 18.1 Å². The smallest absolute Gasteiger partial charge is 0.330 e. The van der Waals surface area contributed by atoms with Crippen LogP contribution < -0.4 is 0 Å². The molecule has 0 aliphatic carbocycles. The molecule has 43 heavy (non-hydrogen) atoms. The molecule has 0 aliphatic heterocycles. The summed E-state index contributed by atoms with van der Waals surface area (Å²) in [4.78, 5) is 12.0. The molecule has 0 bridgehead atoms. The Morgan fingerprint density at radius 1 is 0.419 bits per heavy atom. The second kappa shape index (κ2) is 32.8. The van der Waals surface area contributed by atoms with Crippen molar-refractivity contribution in [1.82, 2.24) is 0 Å². The van der Waals surface area contributed by atoms with E-state index in [1.54, 1.807) is 0 Å². The molecule has 0 spiro atoms. The maximum Gasteiger partial charge on any atom is 0.330 e. The predicted octanol–water partition coefficient (Wildman–Crippen LogP) is 14.8. The molecule has 0 aliphatic rings. The molecule has 256 valence electrons. The van der Waals surface area contributed by atoms with E-state index in [1.165, 1.54) is 211 Å². The van der Waals surface area contributed by atoms with Gasteiger partial charge >= 0.3 is 5.97 Å². The van der Waals surface area contributed by atoms with Crippen molar-refractivity contribution in [3.8, 4) is 0 Å². The fourth-order valence-corrected chi connectivity index (χ4v) is 12.1. The van der Waals surface area contributed by atoms with Crippen LogP contribution in [0, 0.1) is 0 Å². The molecular formula is C40H80O2Si. The zero-order valence-corrected chi connectivity index (χ0v) is 31.3. The Morgan fingerprint density at radius 3 is 0.837 bits per heavy atom. The van der Waals surface area contributed by atoms with Crippen molar-refractivity contribution in [3.05, 3.63) is 11.3 Å². The van der Waals surface area contributed by atoms with E-state index in [9.17, 15) is 9.90 Å². The van der Waals surface area contributed by atoms with Gasteiger partial charge in [0.05, 0.1) is 8.07 Å². The molecule has 2 nitrogen and oxygen atoms in total. The summed E-state index contributed by atoms with van der Waals surface area (Å²) >= 11 is 0. The highest BCUT2D eigenvalue weighted by Gasteiger charge is 2.30. The summed E-state index contributed by atoms with van der Waals surface area (Å²) in [6, 6.07) is 3.97. The third-order valence-electron chi connectivity index (χ3n) is 9.94. The maximum absolute atomic E-state index is 12.0. The second-order valence-electron chi connectivity index (χ2n) is 14.3. The van der Waals surface area contributed by atoms with Crippen molar-refractivity contribution in [2.75, 3.05) is 0 Å². The van der Waals surface area contributed by atoms with E-state index in [-0.39, 0.29) is 0 Å². The number of hydrogen-bond donors (Lipinski definition) is 1. The van der Waals surface area contributed by atoms with Crippen LogP contribution in [-0.4, -0.2) is 19.1 Å². The first-order valence-corrected chi connectivity index (χ1v) is 22.6. The van der Waals surface area contributed by atoms with Gasteiger partial charge in [0.2, 0.25) is 0 Å². The number of carboxylic acid groups (broad SMARTS) is 1. The molecule has 1 N–H and O–H groups in total. The third-order valence-corrected chi connectivity index (χ3v) is 15.0. The molecule has 0 amide bonds. The zero-order valence-electron chi connectivity index (χ0n) is 30.3. The van der Waals surface area contributed by atoms with Gasteiger partial charge in [0.1, 0.15) is 0 Å². The lowest BCUT2D eigenvalue weighted by Crippen LogP contribution is -2.33. The van der Waals surface area contributed by atoms with E-state index in [2.05, 4.69) is 26.5 Å². The summed E-state index contributed by atoms with van der Waals surface area (Å²) in [5.74, 6) is -0.689. The average molecular weight is 621 g/mol. The summed E-state index contributed by atoms with van der Waals surface area (Å²) in [5.41, 5.74) is 3.00. The first-order valence-electron chi connectivity index (χ1n) is 19.9. The maximum atomic E-state index is 12.0. The van der Waals surface area contributed by atoms with Crippen molar-refractivity contribution in [1.29, 1.82) is 0 Å². The van der Waals surface area contributed by atoms with Gasteiger partial charge in [-0.15, -0.1) is 0 Å². The molecule has 0 radical (unpaired) electrons. The van der Waals surface area contributed by atoms with Crippen LogP contribution in [-0.2, 0) is 4.79 Å². The van der Waals surface area contributed by atoms with Crippen LogP contribution in [0.5, 0.6) is 0 Å². The molecule has 0 unspecified atom stereocenters. The molecule has 0 saturated carbocycles. The Bertz CT molecular complexity index is 554. The zero-order chi connectivity index (χ0) is 31.7. The molecule has 0 rings (SSSR count). The monoisotopic (exact) mass is 621 g/mol. The van der Waals surface area contributed by atoms with Gasteiger partial charge in [-0.3, -0.25) is 0 Å². The average Bonchev–Trinajstić information content (AvgIpc) is 3.00. The lowest BCUT2D eigenvalue weighted by molar-refractivity contribution is -0.132. The minimum Gasteiger partial charge on any atom is -0.478 e. The third kappa shape index (κ3) is 28.6. The van der Waals surface area contributed by atoms with Crippen LogP contribution in [0.15, 0.2) is 11.3 Å². The Hall–Kier alpha value is -0.573. The number of carboxylic acids is 1. The molecule has 0 fully saturated rings. The standard InChI is InChI=1S/C40H80O2Si/c1-5-8-11-14-17-20-23-26-29-32-35-43(38-39(4)40(41)42,36-33-30-27-24-21-18-15-12-9-6-2)37-34-31-28-25-22-19-16-13-10-7-3/h38H,5-37H2,1-4H3,(H,41,42). The normalized spacial score (nSPS) is 12.3. The minimum absolute atomic E-state index is 0.637. The van der Waals surface area contributed by atoms with Gasteiger partial charge in [0, 0.05) is 5.57 Å². The first-order chi connectivity index (χ1) is 21.0. The van der Waals surface area contributed by atoms with E-state index >= 15 is 0 Å². The Labute approximate surface area is 273 Å². The lowest BCUT2D eigenvalue weighted by atomic mass is 10.1. The van der Waals surface area contributed by atoms with Crippen molar-refractivity contribution in [2.24, 2.45) is 0 Å². The highest BCUT2D eigenvalue weighted by molar-refractivity contribution is 6.84. The van der Waals surface area contributed by atoms with E-state index in [4.69, 9.17) is 0 Å². The fraction of sp³-hybridized carbons (Fsp3) is 0.925. The van der Waals surface area contributed by atoms with E-state index in [0.717, 1.165) is 0 Å². The summed E-state index contributed by atoms with van der Waals surface area (Å²) in [5, 5.41) is 9.84. The molecule has 0 aromatic carbocycles. The summed E-state index contributed by atoms with van der Waals surface area (Å²) in [6.45, 7) is 8.76. The van der Waals surface area contributed by atoms with Crippen LogP contribution >= 0.6 is 0 Å². The van der Waals surface area contributed by atoms with E-state index < -0.39 is 14.0 Å². The van der Waals surface area contributed by atoms with Crippen LogP contribution in [0.4, 0.5) is 0 Å². The first kappa shape index (κ1) is 42.4. The van der Waals surface area contributed by atoms with Crippen LogP contribution in [0.1, 0.15) is 220 Å². The van der Waals surface area contributed by atoms with Crippen molar-refractivity contribution in [3.63, 3.8) is 0 Å². The van der Waals surface area contributed by atoms with Gasteiger partial charge in [0.25, 0.3) is 0 Å². The van der Waals surface area contributed by atoms with E-state index in [0.29, 0.717) is 5.57 Å². The van der Waals surface area contributed by atoms with Crippen molar-refractivity contribution < 1.29 is 9.90 Å². The summed E-state index contributed by atoms with van der Waals surface area (Å²) < 4.78 is 0. The van der Waals surface area contributed by atoms with Gasteiger partial charge in [-0.1, -0.05) is 237 Å². The molecule has 0 aromatic heterocycles. The molecular weight excluding hydrogens is 541 g/mol. The highest BCUT2D eigenvalue weighted by Crippen LogP contribution is 2.32. The SMILES string of the molecule is CCCCCCCCCCCC[Si](C=C(C)C(=O)O)(CCCCCCCCCCCC)CCCCCCCCCCCC. The molecule has 0 heterocycles. The quantitative estimate of drug-likeness (QED) is 0.0435. The number of carbonyl (C=O) groups is 1. The van der Waals surface area contributed by atoms with Crippen LogP contribution in [0.3, 0.4) is 0 Å². The summed E-state index contributed by atoms with van der Waals surface area (Å²) in [7, 11) is -1.74. The van der Waals surface area contributed by atoms with Gasteiger partial charge in [0.15, 0.2) is 0 Å². The Morgan fingerprint density at radius 2 is 0.628 bits per heavy atom. The highest BCUT2D eigenvalue weighted by atomic mass is 28.3. The second-order valence-corrected chi connectivity index (χ2v) is 18.8. The van der Waals surface area contributed by atoms with Gasteiger partial charge < -0.3 is 5.11 Å². The molecule has 0 atom stereocenters. The topological polar surface area (TPSA) is 37.3 Å². The van der Waals surface area contributed by atoms with Crippen LogP contribution in [0.25, 0.3) is 0 Å². The van der Waals surface area contributed by atoms with E-state index in [1.807, 2.05) is 6.92 Å². The number of rotatable bonds is 35. The molecule has 0 saturated heterocycles. The van der Waals surface area contributed by atoms with Gasteiger partial charge in [-0.25, -0.2) is 4.79 Å². The van der Waals surface area contributed by atoms with Crippen molar-refractivity contribution >= 4 is 14.0 Å². The minimum atomic E-state index is -1.74. The largest absolute Gasteiger partial charge is 0.478 e. The number of unbranched alkanes of at least 4 members (excludes halogenated alkanes) is 27.